The molecule has 0 saturated carbocycles. The van der Waals surface area contributed by atoms with Gasteiger partial charge in [-0.2, -0.15) is 0 Å². The number of carbonyl (C=O) groups excluding carboxylic acids is 1. The zero-order valence-corrected chi connectivity index (χ0v) is 12.3. The van der Waals surface area contributed by atoms with Crippen LogP contribution in [-0.2, 0) is 4.79 Å². The predicted octanol–water partition coefficient (Wildman–Crippen LogP) is 2.56. The lowest BCUT2D eigenvalue weighted by atomic mass is 9.93. The minimum absolute atomic E-state index is 0.139. The number of aliphatic carboxylic acids is 1. The van der Waals surface area contributed by atoms with Crippen LogP contribution in [0.5, 0.6) is 0 Å². The van der Waals surface area contributed by atoms with E-state index in [2.05, 4.69) is 10.3 Å². The van der Waals surface area contributed by atoms with Crippen molar-refractivity contribution in [3.8, 4) is 0 Å². The van der Waals surface area contributed by atoms with Crippen molar-refractivity contribution in [1.82, 2.24) is 9.88 Å². The molecule has 1 unspecified atom stereocenters. The van der Waals surface area contributed by atoms with Crippen LogP contribution in [-0.4, -0.2) is 40.1 Å². The van der Waals surface area contributed by atoms with Gasteiger partial charge in [0.1, 0.15) is 0 Å². The lowest BCUT2D eigenvalue weighted by molar-refractivity contribution is -0.137. The van der Waals surface area contributed by atoms with Gasteiger partial charge in [-0.15, -0.1) is 11.3 Å². The second kappa shape index (κ2) is 6.69. The number of likely N-dealkylation sites (tertiary alicyclic amines) is 1. The molecule has 20 heavy (non-hydrogen) atoms. The van der Waals surface area contributed by atoms with E-state index in [0.717, 1.165) is 24.3 Å². The van der Waals surface area contributed by atoms with Crippen molar-refractivity contribution in [2.24, 2.45) is 5.92 Å². The van der Waals surface area contributed by atoms with Crippen molar-refractivity contribution in [3.63, 3.8) is 0 Å². The van der Waals surface area contributed by atoms with Gasteiger partial charge in [-0.3, -0.25) is 10.1 Å². The fourth-order valence-corrected chi connectivity index (χ4v) is 3.05. The Kier molecular flexibility index (Phi) is 4.94. The fraction of sp³-hybridized carbons (Fsp3) is 0.615. The highest BCUT2D eigenvalue weighted by Gasteiger charge is 2.24. The summed E-state index contributed by atoms with van der Waals surface area (Å²) in [5.74, 6) is -0.492. The summed E-state index contributed by atoms with van der Waals surface area (Å²) in [6, 6.07) is -0.139. The molecule has 110 valence electrons. The topological polar surface area (TPSA) is 82.5 Å². The summed E-state index contributed by atoms with van der Waals surface area (Å²) in [5.41, 5.74) is 0. The summed E-state index contributed by atoms with van der Waals surface area (Å²) in [5, 5.41) is 12.1. The molecule has 2 N–H and O–H groups in total. The minimum atomic E-state index is -0.773. The van der Waals surface area contributed by atoms with Gasteiger partial charge in [-0.25, -0.2) is 9.78 Å². The molecule has 0 bridgehead atoms. The first-order chi connectivity index (χ1) is 9.54. The molecule has 1 fully saturated rings. The molecule has 0 spiro atoms. The number of piperidine rings is 1. The molecule has 2 heterocycles. The number of aryl methyl sites for hydroxylation is 1. The van der Waals surface area contributed by atoms with E-state index in [-0.39, 0.29) is 18.4 Å². The van der Waals surface area contributed by atoms with Crippen molar-refractivity contribution in [1.29, 1.82) is 0 Å². The number of hydrogen-bond acceptors (Lipinski definition) is 4. The maximum absolute atomic E-state index is 12.1. The molecule has 6 nitrogen and oxygen atoms in total. The summed E-state index contributed by atoms with van der Waals surface area (Å²) >= 11 is 1.45. The first-order valence-electron chi connectivity index (χ1n) is 6.74. The van der Waals surface area contributed by atoms with Crippen molar-refractivity contribution in [3.05, 3.63) is 11.1 Å². The van der Waals surface area contributed by atoms with Crippen LogP contribution in [0.4, 0.5) is 9.93 Å². The Morgan fingerprint density at radius 1 is 1.60 bits per heavy atom. The van der Waals surface area contributed by atoms with Gasteiger partial charge < -0.3 is 10.0 Å². The molecule has 2 amide bonds. The van der Waals surface area contributed by atoms with Gasteiger partial charge in [-0.1, -0.05) is 0 Å². The van der Waals surface area contributed by atoms with Gasteiger partial charge in [0, 0.05) is 30.6 Å². The quantitative estimate of drug-likeness (QED) is 0.894. The summed E-state index contributed by atoms with van der Waals surface area (Å²) in [4.78, 5) is 29.6. The molecule has 0 aliphatic carbocycles. The first-order valence-corrected chi connectivity index (χ1v) is 7.56. The predicted molar refractivity (Wildman–Crippen MR) is 77.0 cm³/mol. The largest absolute Gasteiger partial charge is 0.481 e. The Morgan fingerprint density at radius 2 is 2.40 bits per heavy atom. The zero-order valence-electron chi connectivity index (χ0n) is 11.5. The second-order valence-corrected chi connectivity index (χ2v) is 6.33. The molecular weight excluding hydrogens is 278 g/mol. The third-order valence-electron chi connectivity index (χ3n) is 3.41. The number of hydrogen-bond donors (Lipinski definition) is 2. The third-order valence-corrected chi connectivity index (χ3v) is 4.24. The molecule has 0 radical (unpaired) electrons. The van der Waals surface area contributed by atoms with Crippen LogP contribution in [0.3, 0.4) is 0 Å². The number of nitrogens with one attached hydrogen (secondary N) is 1. The van der Waals surface area contributed by atoms with E-state index in [1.807, 2.05) is 6.92 Å². The van der Waals surface area contributed by atoms with E-state index >= 15 is 0 Å². The van der Waals surface area contributed by atoms with E-state index in [1.165, 1.54) is 11.3 Å². The van der Waals surface area contributed by atoms with Crippen LogP contribution < -0.4 is 5.32 Å². The molecule has 1 aliphatic heterocycles. The Hall–Kier alpha value is -1.63. The number of carbonyl (C=O) groups is 2. The molecule has 1 aromatic heterocycles. The third kappa shape index (κ3) is 4.19. The van der Waals surface area contributed by atoms with E-state index in [4.69, 9.17) is 5.11 Å². The number of nitrogens with zero attached hydrogens (tertiary/aromatic N) is 2. The van der Waals surface area contributed by atoms with Gasteiger partial charge in [0.05, 0.1) is 0 Å². The van der Waals surface area contributed by atoms with Crippen molar-refractivity contribution >= 4 is 28.5 Å². The maximum Gasteiger partial charge on any atom is 0.323 e. The molecule has 1 aliphatic rings. The zero-order chi connectivity index (χ0) is 14.5. The first kappa shape index (κ1) is 14.8. The number of urea groups is 1. The summed E-state index contributed by atoms with van der Waals surface area (Å²) < 4.78 is 0. The normalized spacial score (nSPS) is 18.9. The lowest BCUT2D eigenvalue weighted by Crippen LogP contribution is -2.42. The van der Waals surface area contributed by atoms with Gasteiger partial charge in [-0.05, 0) is 32.1 Å². The minimum Gasteiger partial charge on any atom is -0.481 e. The molecule has 1 saturated heterocycles. The molecule has 0 aromatic carbocycles. The van der Waals surface area contributed by atoms with Crippen LogP contribution in [0.1, 0.15) is 30.6 Å². The SMILES string of the molecule is Cc1cnc(NC(=O)N2CCCC(CCC(=O)O)C2)s1. The highest BCUT2D eigenvalue weighted by Crippen LogP contribution is 2.22. The molecule has 1 aromatic rings. The second-order valence-electron chi connectivity index (χ2n) is 5.09. The van der Waals surface area contributed by atoms with Crippen molar-refractivity contribution < 1.29 is 14.7 Å². The number of rotatable bonds is 4. The number of anilines is 1. The van der Waals surface area contributed by atoms with E-state index < -0.39 is 5.97 Å². The average Bonchev–Trinajstić information content (AvgIpc) is 2.82. The number of carboxylic acid groups (broad SMARTS) is 1. The summed E-state index contributed by atoms with van der Waals surface area (Å²) in [7, 11) is 0. The lowest BCUT2D eigenvalue weighted by Gasteiger charge is -2.32. The van der Waals surface area contributed by atoms with Crippen LogP contribution in [0.2, 0.25) is 0 Å². The summed E-state index contributed by atoms with van der Waals surface area (Å²) in [6.45, 7) is 3.29. The van der Waals surface area contributed by atoms with Gasteiger partial charge in [0.15, 0.2) is 5.13 Å². The number of thiazole rings is 1. The number of carboxylic acids is 1. The van der Waals surface area contributed by atoms with Crippen LogP contribution in [0, 0.1) is 12.8 Å². The average molecular weight is 297 g/mol. The molecule has 7 heteroatoms. The number of aromatic nitrogens is 1. The van der Waals surface area contributed by atoms with Crippen molar-refractivity contribution in [2.45, 2.75) is 32.6 Å². The highest BCUT2D eigenvalue weighted by molar-refractivity contribution is 7.15. The Morgan fingerprint density at radius 3 is 3.05 bits per heavy atom. The molecule has 1 atom stereocenters. The van der Waals surface area contributed by atoms with E-state index in [9.17, 15) is 9.59 Å². The van der Waals surface area contributed by atoms with Gasteiger partial charge >= 0.3 is 12.0 Å². The van der Waals surface area contributed by atoms with E-state index in [1.54, 1.807) is 11.1 Å². The van der Waals surface area contributed by atoms with Gasteiger partial charge in [0.2, 0.25) is 0 Å². The van der Waals surface area contributed by atoms with E-state index in [0.29, 0.717) is 18.1 Å². The standard InChI is InChI=1S/C13H19N3O3S/c1-9-7-14-12(20-9)15-13(19)16-6-2-3-10(8-16)4-5-11(17)18/h7,10H,2-6,8H2,1H3,(H,17,18)(H,14,15,19). The highest BCUT2D eigenvalue weighted by atomic mass is 32.1. The Bertz CT molecular complexity index is 489. The maximum atomic E-state index is 12.1. The fourth-order valence-electron chi connectivity index (χ4n) is 2.40. The van der Waals surface area contributed by atoms with Crippen LogP contribution in [0.25, 0.3) is 0 Å². The summed E-state index contributed by atoms with van der Waals surface area (Å²) in [6.07, 6.45) is 4.45. The Labute approximate surface area is 121 Å². The van der Waals surface area contributed by atoms with Crippen LogP contribution >= 0.6 is 11.3 Å². The van der Waals surface area contributed by atoms with Gasteiger partial charge in [0.25, 0.3) is 0 Å². The Balaban J connectivity index is 1.84. The van der Waals surface area contributed by atoms with Crippen LogP contribution in [0.15, 0.2) is 6.20 Å². The van der Waals surface area contributed by atoms with Crippen molar-refractivity contribution in [2.75, 3.05) is 18.4 Å². The number of amides is 2. The monoisotopic (exact) mass is 297 g/mol. The molecular formula is C13H19N3O3S. The molecule has 2 rings (SSSR count). The smallest absolute Gasteiger partial charge is 0.323 e.